The third-order valence-electron chi connectivity index (χ3n) is 4.40. The molecule has 3 aromatic carbocycles. The number of hydrogen-bond donors (Lipinski definition) is 2. The van der Waals surface area contributed by atoms with Gasteiger partial charge in [-0.2, -0.15) is 10.2 Å². The highest BCUT2D eigenvalue weighted by Crippen LogP contribution is 2.15. The molecule has 0 aliphatic heterocycles. The Hall–Kier alpha value is -4.26. The minimum Gasteiger partial charge on any atom is -0.489 e. The minimum absolute atomic E-state index is 0.0993. The summed E-state index contributed by atoms with van der Waals surface area (Å²) in [4.78, 5) is 24.3. The zero-order chi connectivity index (χ0) is 20.8. The van der Waals surface area contributed by atoms with Crippen LogP contribution in [0.5, 0.6) is 5.75 Å². The Bertz CT molecular complexity index is 1270. The van der Waals surface area contributed by atoms with Crippen LogP contribution in [0.25, 0.3) is 10.8 Å². The molecule has 0 atom stereocenters. The van der Waals surface area contributed by atoms with E-state index < -0.39 is 5.91 Å². The number of hydrazone groups is 1. The van der Waals surface area contributed by atoms with Gasteiger partial charge in [-0.1, -0.05) is 60.7 Å². The van der Waals surface area contributed by atoms with Crippen molar-refractivity contribution >= 4 is 22.9 Å². The average molecular weight is 398 g/mol. The molecular formula is C23H18N4O3. The third-order valence-corrected chi connectivity index (χ3v) is 4.40. The monoisotopic (exact) mass is 398 g/mol. The van der Waals surface area contributed by atoms with Gasteiger partial charge in [-0.25, -0.2) is 10.5 Å². The highest BCUT2D eigenvalue weighted by Gasteiger charge is 2.13. The maximum Gasteiger partial charge on any atom is 0.292 e. The Morgan fingerprint density at radius 1 is 1.00 bits per heavy atom. The number of aromatic amines is 1. The smallest absolute Gasteiger partial charge is 0.292 e. The molecule has 7 nitrogen and oxygen atoms in total. The Morgan fingerprint density at radius 3 is 2.60 bits per heavy atom. The molecule has 0 aliphatic carbocycles. The zero-order valence-corrected chi connectivity index (χ0v) is 15.9. The van der Waals surface area contributed by atoms with Gasteiger partial charge >= 0.3 is 0 Å². The number of benzene rings is 3. The lowest BCUT2D eigenvalue weighted by molar-refractivity contribution is 0.0951. The topological polar surface area (TPSA) is 96.4 Å². The largest absolute Gasteiger partial charge is 0.489 e. The van der Waals surface area contributed by atoms with Crippen LogP contribution in [-0.4, -0.2) is 22.3 Å². The SMILES string of the molecule is O=C(N/N=C\c1cccc(OCc2ccccc2)c1)c1n[nH]c(=O)c2ccccc12. The van der Waals surface area contributed by atoms with Gasteiger partial charge in [0.25, 0.3) is 11.5 Å². The second kappa shape index (κ2) is 8.83. The van der Waals surface area contributed by atoms with Crippen LogP contribution in [0.3, 0.4) is 0 Å². The maximum absolute atomic E-state index is 12.5. The first kappa shape index (κ1) is 19.1. The number of ether oxygens (including phenoxy) is 1. The molecule has 0 unspecified atom stereocenters. The van der Waals surface area contributed by atoms with Crippen LogP contribution in [0, 0.1) is 0 Å². The van der Waals surface area contributed by atoms with Gasteiger partial charge in [-0.3, -0.25) is 9.59 Å². The molecule has 1 heterocycles. The standard InChI is InChI=1S/C23H18N4O3/c28-22-20-12-5-4-11-19(20)21(25-27-22)23(29)26-24-14-17-9-6-10-18(13-17)30-15-16-7-2-1-3-8-16/h1-14H,15H2,(H,26,29)(H,27,28)/b24-14-. The Kier molecular flexibility index (Phi) is 5.61. The quantitative estimate of drug-likeness (QED) is 0.385. The number of fused-ring (bicyclic) bond motifs is 1. The van der Waals surface area contributed by atoms with Crippen LogP contribution in [0.4, 0.5) is 0 Å². The summed E-state index contributed by atoms with van der Waals surface area (Å²) in [6.45, 7) is 0.461. The highest BCUT2D eigenvalue weighted by atomic mass is 16.5. The summed E-state index contributed by atoms with van der Waals surface area (Å²) in [6, 6.07) is 24.0. The van der Waals surface area contributed by atoms with Gasteiger partial charge < -0.3 is 4.74 Å². The first-order chi connectivity index (χ1) is 14.7. The molecule has 0 aliphatic rings. The van der Waals surface area contributed by atoms with E-state index in [2.05, 4.69) is 20.7 Å². The van der Waals surface area contributed by atoms with Gasteiger partial charge in [-0.05, 0) is 29.3 Å². The predicted octanol–water partition coefficient (Wildman–Crippen LogP) is 3.27. The zero-order valence-electron chi connectivity index (χ0n) is 15.9. The van der Waals surface area contributed by atoms with Crippen LogP contribution >= 0.6 is 0 Å². The third kappa shape index (κ3) is 4.41. The fourth-order valence-corrected chi connectivity index (χ4v) is 2.93. The van der Waals surface area contributed by atoms with Crippen LogP contribution in [0.1, 0.15) is 21.6 Å². The van der Waals surface area contributed by atoms with E-state index in [4.69, 9.17) is 4.74 Å². The van der Waals surface area contributed by atoms with E-state index in [0.717, 1.165) is 11.1 Å². The number of carbonyl (C=O) groups is 1. The van der Waals surface area contributed by atoms with Crippen molar-refractivity contribution in [1.29, 1.82) is 0 Å². The van der Waals surface area contributed by atoms with Crippen LogP contribution < -0.4 is 15.7 Å². The van der Waals surface area contributed by atoms with Crippen molar-refractivity contribution < 1.29 is 9.53 Å². The van der Waals surface area contributed by atoms with Crippen molar-refractivity contribution in [3.05, 3.63) is 106 Å². The second-order valence-corrected chi connectivity index (χ2v) is 6.49. The van der Waals surface area contributed by atoms with Gasteiger partial charge in [0.2, 0.25) is 0 Å². The molecule has 4 aromatic rings. The summed E-state index contributed by atoms with van der Waals surface area (Å²) in [5.74, 6) is 0.178. The van der Waals surface area contributed by atoms with E-state index in [9.17, 15) is 9.59 Å². The predicted molar refractivity (Wildman–Crippen MR) is 115 cm³/mol. The normalized spacial score (nSPS) is 10.9. The first-order valence-corrected chi connectivity index (χ1v) is 9.28. The Morgan fingerprint density at radius 2 is 1.77 bits per heavy atom. The number of rotatable bonds is 6. The molecule has 30 heavy (non-hydrogen) atoms. The van der Waals surface area contributed by atoms with Crippen molar-refractivity contribution in [2.24, 2.45) is 5.10 Å². The van der Waals surface area contributed by atoms with Crippen molar-refractivity contribution in [1.82, 2.24) is 15.6 Å². The molecule has 0 bridgehead atoms. The maximum atomic E-state index is 12.5. The van der Waals surface area contributed by atoms with Crippen molar-refractivity contribution in [2.75, 3.05) is 0 Å². The summed E-state index contributed by atoms with van der Waals surface area (Å²) in [5, 5.41) is 11.0. The summed E-state index contributed by atoms with van der Waals surface area (Å²) in [5.41, 5.74) is 4.03. The first-order valence-electron chi connectivity index (χ1n) is 9.28. The van der Waals surface area contributed by atoms with Gasteiger partial charge in [0.1, 0.15) is 12.4 Å². The average Bonchev–Trinajstić information content (AvgIpc) is 2.79. The Balaban J connectivity index is 1.43. The number of nitrogens with one attached hydrogen (secondary N) is 2. The number of aromatic nitrogens is 2. The second-order valence-electron chi connectivity index (χ2n) is 6.49. The lowest BCUT2D eigenvalue weighted by Crippen LogP contribution is -2.22. The molecule has 0 spiro atoms. The molecule has 0 radical (unpaired) electrons. The number of carbonyl (C=O) groups excluding carboxylic acids is 1. The van der Waals surface area contributed by atoms with E-state index in [1.165, 1.54) is 6.21 Å². The fourth-order valence-electron chi connectivity index (χ4n) is 2.93. The van der Waals surface area contributed by atoms with Gasteiger partial charge in [0.05, 0.1) is 11.6 Å². The molecule has 1 amide bonds. The fraction of sp³-hybridized carbons (Fsp3) is 0.0435. The number of nitrogens with zero attached hydrogens (tertiary/aromatic N) is 2. The summed E-state index contributed by atoms with van der Waals surface area (Å²) >= 11 is 0. The van der Waals surface area contributed by atoms with Crippen molar-refractivity contribution in [3.8, 4) is 5.75 Å². The van der Waals surface area contributed by atoms with Gasteiger partial charge in [0, 0.05) is 5.39 Å². The van der Waals surface area contributed by atoms with E-state index >= 15 is 0 Å². The summed E-state index contributed by atoms with van der Waals surface area (Å²) in [7, 11) is 0. The molecule has 0 saturated heterocycles. The molecule has 4 rings (SSSR count). The summed E-state index contributed by atoms with van der Waals surface area (Å²) in [6.07, 6.45) is 1.52. The molecular weight excluding hydrogens is 380 g/mol. The molecule has 7 heteroatoms. The van der Waals surface area contributed by atoms with Crippen molar-refractivity contribution in [3.63, 3.8) is 0 Å². The highest BCUT2D eigenvalue weighted by molar-refractivity contribution is 6.04. The van der Waals surface area contributed by atoms with E-state index in [-0.39, 0.29) is 11.3 Å². The molecule has 148 valence electrons. The lowest BCUT2D eigenvalue weighted by atomic mass is 10.1. The van der Waals surface area contributed by atoms with Gasteiger partial charge in [-0.15, -0.1) is 0 Å². The summed E-state index contributed by atoms with van der Waals surface area (Å²) < 4.78 is 5.80. The Labute approximate surface area is 172 Å². The molecule has 0 saturated carbocycles. The minimum atomic E-state index is -0.518. The van der Waals surface area contributed by atoms with E-state index in [0.29, 0.717) is 23.1 Å². The lowest BCUT2D eigenvalue weighted by Gasteiger charge is -2.07. The number of hydrogen-bond acceptors (Lipinski definition) is 5. The van der Waals surface area contributed by atoms with E-state index in [1.807, 2.05) is 54.6 Å². The van der Waals surface area contributed by atoms with Crippen LogP contribution in [-0.2, 0) is 6.61 Å². The molecule has 2 N–H and O–H groups in total. The van der Waals surface area contributed by atoms with Crippen molar-refractivity contribution in [2.45, 2.75) is 6.61 Å². The number of H-pyrrole nitrogens is 1. The van der Waals surface area contributed by atoms with Gasteiger partial charge in [0.15, 0.2) is 5.69 Å². The van der Waals surface area contributed by atoms with E-state index in [1.54, 1.807) is 24.3 Å². The van der Waals surface area contributed by atoms with Crippen LogP contribution in [0.2, 0.25) is 0 Å². The molecule has 0 fully saturated rings. The number of amides is 1. The van der Waals surface area contributed by atoms with Crippen LogP contribution in [0.15, 0.2) is 88.8 Å². The molecule has 1 aromatic heterocycles.